The highest BCUT2D eigenvalue weighted by molar-refractivity contribution is 5.94. The van der Waals surface area contributed by atoms with E-state index in [0.717, 1.165) is 50.1 Å². The van der Waals surface area contributed by atoms with E-state index < -0.39 is 0 Å². The third kappa shape index (κ3) is 3.07. The number of aromatic nitrogens is 2. The van der Waals surface area contributed by atoms with E-state index in [2.05, 4.69) is 31.3 Å². The van der Waals surface area contributed by atoms with Crippen LogP contribution in [0.3, 0.4) is 0 Å². The zero-order valence-corrected chi connectivity index (χ0v) is 15.6. The molecule has 1 fully saturated rings. The number of hydrogen-bond acceptors (Lipinski definition) is 3. The Kier molecular flexibility index (Phi) is 5.16. The highest BCUT2D eigenvalue weighted by Crippen LogP contribution is 2.29. The predicted octanol–water partition coefficient (Wildman–Crippen LogP) is 2.53. The fourth-order valence-corrected chi connectivity index (χ4v) is 3.89. The lowest BCUT2D eigenvalue weighted by Crippen LogP contribution is -2.52. The molecule has 1 atom stereocenters. The molecule has 1 aliphatic carbocycles. The molecule has 134 valence electrons. The molecule has 1 amide bonds. The lowest BCUT2D eigenvalue weighted by Gasteiger charge is -2.33. The van der Waals surface area contributed by atoms with Gasteiger partial charge in [0.05, 0.1) is 5.69 Å². The van der Waals surface area contributed by atoms with Crippen molar-refractivity contribution in [3.8, 4) is 5.69 Å². The van der Waals surface area contributed by atoms with Crippen molar-refractivity contribution < 1.29 is 4.79 Å². The van der Waals surface area contributed by atoms with Gasteiger partial charge in [-0.2, -0.15) is 5.10 Å². The minimum absolute atomic E-state index is 0. The maximum Gasteiger partial charge on any atom is 0.274 e. The zero-order chi connectivity index (χ0) is 16.7. The first-order valence-corrected chi connectivity index (χ1v) is 8.85. The molecule has 2 heterocycles. The smallest absolute Gasteiger partial charge is 0.274 e. The summed E-state index contributed by atoms with van der Waals surface area (Å²) in [5.41, 5.74) is 5.32. The second-order valence-corrected chi connectivity index (χ2v) is 6.88. The summed E-state index contributed by atoms with van der Waals surface area (Å²) in [4.78, 5) is 15.1. The van der Waals surface area contributed by atoms with Gasteiger partial charge in [0.25, 0.3) is 5.91 Å². The number of fused-ring (bicyclic) bond motifs is 1. The number of carbonyl (C=O) groups excluding carboxylic acids is 1. The molecule has 1 aliphatic heterocycles. The van der Waals surface area contributed by atoms with Crippen molar-refractivity contribution in [1.82, 2.24) is 20.0 Å². The summed E-state index contributed by atoms with van der Waals surface area (Å²) in [5.74, 6) is 0.0921. The fraction of sp³-hybridized carbons (Fsp3) is 0.474. The molecule has 0 bridgehead atoms. The molecule has 1 N–H and O–H groups in total. The van der Waals surface area contributed by atoms with Crippen LogP contribution in [-0.4, -0.2) is 46.3 Å². The fourth-order valence-electron chi connectivity index (χ4n) is 3.89. The van der Waals surface area contributed by atoms with Crippen LogP contribution in [0.1, 0.15) is 40.7 Å². The van der Waals surface area contributed by atoms with Gasteiger partial charge in [0.2, 0.25) is 0 Å². The summed E-state index contributed by atoms with van der Waals surface area (Å²) in [6, 6.07) is 8.47. The van der Waals surface area contributed by atoms with Crippen molar-refractivity contribution >= 4 is 18.3 Å². The summed E-state index contributed by atoms with van der Waals surface area (Å²) in [5, 5.41) is 8.12. The van der Waals surface area contributed by atoms with Gasteiger partial charge in [0, 0.05) is 36.9 Å². The Morgan fingerprint density at radius 3 is 2.84 bits per heavy atom. The predicted molar refractivity (Wildman–Crippen MR) is 101 cm³/mol. The second-order valence-electron chi connectivity index (χ2n) is 6.88. The van der Waals surface area contributed by atoms with Gasteiger partial charge in [0.15, 0.2) is 5.69 Å². The lowest BCUT2D eigenvalue weighted by atomic mass is 10.1. The number of nitrogens with zero attached hydrogens (tertiary/aromatic N) is 3. The number of amides is 1. The number of nitrogens with one attached hydrogen (secondary N) is 1. The molecule has 25 heavy (non-hydrogen) atoms. The topological polar surface area (TPSA) is 50.2 Å². The molecule has 5 nitrogen and oxygen atoms in total. The average Bonchev–Trinajstić information content (AvgIpc) is 3.18. The van der Waals surface area contributed by atoms with E-state index in [-0.39, 0.29) is 24.4 Å². The standard InChI is InChI=1S/C19H24N4O.ClH/c1-13-6-3-4-8-16(13)23-17-9-5-7-15(17)18(21-23)19(24)22-11-10-20-12-14(22)2;/h3-4,6,8,14,20H,5,7,9-12H2,1-2H3;1H. The van der Waals surface area contributed by atoms with Gasteiger partial charge in [-0.1, -0.05) is 18.2 Å². The van der Waals surface area contributed by atoms with E-state index in [4.69, 9.17) is 5.10 Å². The Hall–Kier alpha value is -1.85. The van der Waals surface area contributed by atoms with E-state index in [9.17, 15) is 4.79 Å². The maximum atomic E-state index is 13.1. The largest absolute Gasteiger partial charge is 0.332 e. The summed E-state index contributed by atoms with van der Waals surface area (Å²) >= 11 is 0. The van der Waals surface area contributed by atoms with Crippen LogP contribution >= 0.6 is 12.4 Å². The van der Waals surface area contributed by atoms with Gasteiger partial charge >= 0.3 is 0 Å². The van der Waals surface area contributed by atoms with Gasteiger partial charge < -0.3 is 10.2 Å². The van der Waals surface area contributed by atoms with E-state index in [1.54, 1.807) is 0 Å². The Morgan fingerprint density at radius 2 is 2.08 bits per heavy atom. The van der Waals surface area contributed by atoms with Gasteiger partial charge in [-0.3, -0.25) is 4.79 Å². The summed E-state index contributed by atoms with van der Waals surface area (Å²) in [7, 11) is 0. The SMILES string of the molecule is Cc1ccccc1-n1nc(C(=O)N2CCNCC2C)c2c1CCC2.Cl. The second kappa shape index (κ2) is 7.18. The first-order valence-electron chi connectivity index (χ1n) is 8.85. The van der Waals surface area contributed by atoms with Crippen LogP contribution in [0.5, 0.6) is 0 Å². The van der Waals surface area contributed by atoms with Crippen molar-refractivity contribution in [3.05, 3.63) is 46.8 Å². The van der Waals surface area contributed by atoms with E-state index in [0.29, 0.717) is 5.69 Å². The highest BCUT2D eigenvalue weighted by Gasteiger charge is 2.32. The van der Waals surface area contributed by atoms with Crippen LogP contribution in [0.15, 0.2) is 24.3 Å². The monoisotopic (exact) mass is 360 g/mol. The Bertz CT molecular complexity index is 786. The van der Waals surface area contributed by atoms with Gasteiger partial charge in [-0.05, 0) is 44.7 Å². The van der Waals surface area contributed by atoms with E-state index >= 15 is 0 Å². The number of para-hydroxylation sites is 1. The number of benzene rings is 1. The van der Waals surface area contributed by atoms with Crippen LogP contribution in [0.25, 0.3) is 5.69 Å². The molecule has 0 spiro atoms. The Balaban J connectivity index is 0.00000182. The minimum atomic E-state index is 0. The average molecular weight is 361 g/mol. The number of halogens is 1. The number of aryl methyl sites for hydroxylation is 1. The molecule has 0 saturated carbocycles. The van der Waals surface area contributed by atoms with E-state index in [1.807, 2.05) is 21.7 Å². The third-order valence-corrected chi connectivity index (χ3v) is 5.24. The van der Waals surface area contributed by atoms with Gasteiger partial charge in [-0.15, -0.1) is 12.4 Å². The Morgan fingerprint density at radius 1 is 1.28 bits per heavy atom. The number of rotatable bonds is 2. The molecule has 1 unspecified atom stereocenters. The Labute approximate surface area is 154 Å². The molecule has 1 aromatic heterocycles. The highest BCUT2D eigenvalue weighted by atomic mass is 35.5. The number of hydrogen-bond donors (Lipinski definition) is 1. The lowest BCUT2D eigenvalue weighted by molar-refractivity contribution is 0.0648. The van der Waals surface area contributed by atoms with Gasteiger partial charge in [-0.25, -0.2) is 4.68 Å². The molecule has 4 rings (SSSR count). The van der Waals surface area contributed by atoms with Crippen LogP contribution < -0.4 is 5.32 Å². The van der Waals surface area contributed by atoms with Crippen molar-refractivity contribution in [2.75, 3.05) is 19.6 Å². The van der Waals surface area contributed by atoms with Gasteiger partial charge in [0.1, 0.15) is 0 Å². The minimum Gasteiger partial charge on any atom is -0.332 e. The quantitative estimate of drug-likeness (QED) is 0.895. The van der Waals surface area contributed by atoms with Crippen LogP contribution in [0.4, 0.5) is 0 Å². The van der Waals surface area contributed by atoms with Crippen molar-refractivity contribution in [2.24, 2.45) is 0 Å². The van der Waals surface area contributed by atoms with Crippen molar-refractivity contribution in [2.45, 2.75) is 39.2 Å². The first kappa shape index (κ1) is 18.0. The zero-order valence-electron chi connectivity index (χ0n) is 14.8. The maximum absolute atomic E-state index is 13.1. The molecule has 1 saturated heterocycles. The van der Waals surface area contributed by atoms with Crippen LogP contribution in [0.2, 0.25) is 0 Å². The number of carbonyl (C=O) groups is 1. The third-order valence-electron chi connectivity index (χ3n) is 5.24. The molecular formula is C19H25ClN4O. The van der Waals surface area contributed by atoms with Crippen LogP contribution in [0, 0.1) is 6.92 Å². The molecular weight excluding hydrogens is 336 g/mol. The first-order chi connectivity index (χ1) is 11.7. The molecule has 2 aromatic rings. The van der Waals surface area contributed by atoms with Crippen molar-refractivity contribution in [1.29, 1.82) is 0 Å². The molecule has 2 aliphatic rings. The van der Waals surface area contributed by atoms with E-state index in [1.165, 1.54) is 11.3 Å². The molecule has 1 aromatic carbocycles. The summed E-state index contributed by atoms with van der Waals surface area (Å²) in [6.07, 6.45) is 3.07. The van der Waals surface area contributed by atoms with Crippen molar-refractivity contribution in [3.63, 3.8) is 0 Å². The molecule has 6 heteroatoms. The summed E-state index contributed by atoms with van der Waals surface area (Å²) < 4.78 is 2.01. The normalized spacial score (nSPS) is 19.4. The molecule has 0 radical (unpaired) electrons. The van der Waals surface area contributed by atoms with Crippen LogP contribution in [-0.2, 0) is 12.8 Å². The summed E-state index contributed by atoms with van der Waals surface area (Å²) in [6.45, 7) is 6.66. The number of piperazine rings is 1.